The number of cyclic esters (lactones) is 1. The maximum Gasteiger partial charge on any atom is 0.410 e. The Bertz CT molecular complexity index is 745. The summed E-state index contributed by atoms with van der Waals surface area (Å²) in [4.78, 5) is 27.2. The van der Waals surface area contributed by atoms with Gasteiger partial charge in [0.1, 0.15) is 13.2 Å². The van der Waals surface area contributed by atoms with E-state index in [0.29, 0.717) is 49.9 Å². The second-order valence-electron chi connectivity index (χ2n) is 6.67. The van der Waals surface area contributed by atoms with E-state index >= 15 is 0 Å². The van der Waals surface area contributed by atoms with Crippen LogP contribution in [0.3, 0.4) is 0 Å². The van der Waals surface area contributed by atoms with Crippen LogP contribution in [0.25, 0.3) is 0 Å². The Labute approximate surface area is 158 Å². The molecule has 2 amide bonds. The first kappa shape index (κ1) is 18.8. The SMILES string of the molecule is COc1cc(C#N)ccc1OCC1CCCN(C(=O)CN2CCOC2=O)C1. The van der Waals surface area contributed by atoms with Crippen molar-refractivity contribution in [3.05, 3.63) is 23.8 Å². The lowest BCUT2D eigenvalue weighted by atomic mass is 9.99. The molecule has 0 spiro atoms. The van der Waals surface area contributed by atoms with Crippen LogP contribution < -0.4 is 9.47 Å². The monoisotopic (exact) mass is 373 g/mol. The van der Waals surface area contributed by atoms with Crippen molar-refractivity contribution in [2.24, 2.45) is 5.92 Å². The topological polar surface area (TPSA) is 92.1 Å². The third-order valence-electron chi connectivity index (χ3n) is 4.81. The molecule has 0 saturated carbocycles. The third kappa shape index (κ3) is 4.61. The average molecular weight is 373 g/mol. The summed E-state index contributed by atoms with van der Waals surface area (Å²) < 4.78 is 16.0. The zero-order valence-corrected chi connectivity index (χ0v) is 15.3. The van der Waals surface area contributed by atoms with Crippen molar-refractivity contribution in [3.8, 4) is 17.6 Å². The van der Waals surface area contributed by atoms with E-state index in [1.54, 1.807) is 23.1 Å². The number of hydrogen-bond acceptors (Lipinski definition) is 6. The molecule has 2 fully saturated rings. The van der Waals surface area contributed by atoms with Gasteiger partial charge in [0.15, 0.2) is 11.5 Å². The van der Waals surface area contributed by atoms with E-state index < -0.39 is 6.09 Å². The van der Waals surface area contributed by atoms with E-state index in [-0.39, 0.29) is 18.4 Å². The van der Waals surface area contributed by atoms with Crippen LogP contribution in [-0.4, -0.2) is 68.3 Å². The molecule has 2 aliphatic rings. The van der Waals surface area contributed by atoms with Crippen LogP contribution in [0, 0.1) is 17.2 Å². The lowest BCUT2D eigenvalue weighted by Gasteiger charge is -2.33. The first-order valence-electron chi connectivity index (χ1n) is 9.01. The van der Waals surface area contributed by atoms with Gasteiger partial charge in [0.05, 0.1) is 31.9 Å². The fourth-order valence-corrected chi connectivity index (χ4v) is 3.32. The number of methoxy groups -OCH3 is 1. The van der Waals surface area contributed by atoms with Gasteiger partial charge < -0.3 is 19.1 Å². The molecule has 0 bridgehead atoms. The molecule has 27 heavy (non-hydrogen) atoms. The fraction of sp³-hybridized carbons (Fsp3) is 0.526. The predicted octanol–water partition coefficient (Wildman–Crippen LogP) is 1.64. The van der Waals surface area contributed by atoms with Crippen LogP contribution in [0.15, 0.2) is 18.2 Å². The van der Waals surface area contributed by atoms with Crippen LogP contribution in [0.1, 0.15) is 18.4 Å². The molecule has 8 nitrogen and oxygen atoms in total. The zero-order chi connectivity index (χ0) is 19.2. The summed E-state index contributed by atoms with van der Waals surface area (Å²) in [6.07, 6.45) is 1.44. The molecule has 1 atom stereocenters. The van der Waals surface area contributed by atoms with Gasteiger partial charge >= 0.3 is 6.09 Å². The maximum absolute atomic E-state index is 12.5. The molecule has 2 heterocycles. The van der Waals surface area contributed by atoms with E-state index in [1.165, 1.54) is 12.0 Å². The lowest BCUT2D eigenvalue weighted by molar-refractivity contribution is -0.133. The molecular weight excluding hydrogens is 350 g/mol. The number of carbonyl (C=O) groups excluding carboxylic acids is 2. The Morgan fingerprint density at radius 1 is 1.37 bits per heavy atom. The molecular formula is C19H23N3O5. The Morgan fingerprint density at radius 2 is 2.22 bits per heavy atom. The molecule has 1 aromatic rings. The number of hydrogen-bond donors (Lipinski definition) is 0. The average Bonchev–Trinajstić information content (AvgIpc) is 3.10. The third-order valence-corrected chi connectivity index (χ3v) is 4.81. The molecule has 0 radical (unpaired) electrons. The van der Waals surface area contributed by atoms with Gasteiger partial charge in [-0.25, -0.2) is 4.79 Å². The van der Waals surface area contributed by atoms with Crippen molar-refractivity contribution in [2.75, 3.05) is 46.5 Å². The van der Waals surface area contributed by atoms with Crippen LogP contribution in [-0.2, 0) is 9.53 Å². The Morgan fingerprint density at radius 3 is 2.93 bits per heavy atom. The first-order valence-corrected chi connectivity index (χ1v) is 9.01. The number of benzene rings is 1. The van der Waals surface area contributed by atoms with Crippen LogP contribution >= 0.6 is 0 Å². The molecule has 144 valence electrons. The van der Waals surface area contributed by atoms with E-state index in [1.807, 2.05) is 0 Å². The van der Waals surface area contributed by atoms with Crippen molar-refractivity contribution in [1.82, 2.24) is 9.80 Å². The van der Waals surface area contributed by atoms with Gasteiger partial charge in [-0.1, -0.05) is 0 Å². The quantitative estimate of drug-likeness (QED) is 0.753. The van der Waals surface area contributed by atoms with Crippen LogP contribution in [0.2, 0.25) is 0 Å². The molecule has 3 rings (SSSR count). The summed E-state index contributed by atoms with van der Waals surface area (Å²) in [5.41, 5.74) is 0.508. The number of piperidine rings is 1. The highest BCUT2D eigenvalue weighted by Gasteiger charge is 2.29. The highest BCUT2D eigenvalue weighted by atomic mass is 16.6. The molecule has 8 heteroatoms. The van der Waals surface area contributed by atoms with Gasteiger partial charge in [-0.15, -0.1) is 0 Å². The highest BCUT2D eigenvalue weighted by molar-refractivity contribution is 5.83. The molecule has 0 aromatic heterocycles. The zero-order valence-electron chi connectivity index (χ0n) is 15.3. The Balaban J connectivity index is 1.53. The molecule has 2 saturated heterocycles. The first-order chi connectivity index (χ1) is 13.1. The second-order valence-corrected chi connectivity index (χ2v) is 6.67. The van der Waals surface area contributed by atoms with E-state index in [2.05, 4.69) is 6.07 Å². The number of ether oxygens (including phenoxy) is 3. The summed E-state index contributed by atoms with van der Waals surface area (Å²) in [6.45, 7) is 2.62. The summed E-state index contributed by atoms with van der Waals surface area (Å²) >= 11 is 0. The van der Waals surface area contributed by atoms with Crippen molar-refractivity contribution in [1.29, 1.82) is 5.26 Å². The molecule has 0 N–H and O–H groups in total. The number of amides is 2. The number of rotatable bonds is 6. The fourth-order valence-electron chi connectivity index (χ4n) is 3.32. The summed E-state index contributed by atoms with van der Waals surface area (Å²) in [5.74, 6) is 1.24. The predicted molar refractivity (Wildman–Crippen MR) is 95.4 cm³/mol. The van der Waals surface area contributed by atoms with Gasteiger partial charge in [-0.2, -0.15) is 5.26 Å². The van der Waals surface area contributed by atoms with Gasteiger partial charge in [0, 0.05) is 25.1 Å². The smallest absolute Gasteiger partial charge is 0.410 e. The van der Waals surface area contributed by atoms with Crippen molar-refractivity contribution < 1.29 is 23.8 Å². The Kier molecular flexibility index (Phi) is 6.01. The van der Waals surface area contributed by atoms with Crippen molar-refractivity contribution in [3.63, 3.8) is 0 Å². The molecule has 1 aromatic carbocycles. The van der Waals surface area contributed by atoms with E-state index in [4.69, 9.17) is 19.5 Å². The lowest BCUT2D eigenvalue weighted by Crippen LogP contribution is -2.46. The van der Waals surface area contributed by atoms with E-state index in [0.717, 1.165) is 12.8 Å². The summed E-state index contributed by atoms with van der Waals surface area (Å²) in [6, 6.07) is 7.12. The summed E-state index contributed by atoms with van der Waals surface area (Å²) in [5, 5.41) is 8.97. The minimum Gasteiger partial charge on any atom is -0.493 e. The highest BCUT2D eigenvalue weighted by Crippen LogP contribution is 2.29. The maximum atomic E-state index is 12.5. The minimum absolute atomic E-state index is 0.0606. The van der Waals surface area contributed by atoms with Gasteiger partial charge in [-0.3, -0.25) is 9.69 Å². The number of nitriles is 1. The van der Waals surface area contributed by atoms with Gasteiger partial charge in [-0.05, 0) is 25.0 Å². The standard InChI is InChI=1S/C19H23N3O5/c1-25-17-9-14(10-20)4-5-16(17)27-13-15-3-2-6-21(11-15)18(23)12-22-7-8-26-19(22)24/h4-5,9,15H,2-3,6-8,11-13H2,1H3. The molecule has 2 aliphatic heterocycles. The van der Waals surface area contributed by atoms with Crippen LogP contribution in [0.4, 0.5) is 4.79 Å². The van der Waals surface area contributed by atoms with Gasteiger partial charge in [0.25, 0.3) is 0 Å². The number of carbonyl (C=O) groups is 2. The number of likely N-dealkylation sites (tertiary alicyclic amines) is 1. The van der Waals surface area contributed by atoms with Gasteiger partial charge in [0.2, 0.25) is 5.91 Å². The van der Waals surface area contributed by atoms with Crippen molar-refractivity contribution >= 4 is 12.0 Å². The molecule has 0 aliphatic carbocycles. The van der Waals surface area contributed by atoms with Crippen LogP contribution in [0.5, 0.6) is 11.5 Å². The van der Waals surface area contributed by atoms with Crippen molar-refractivity contribution in [2.45, 2.75) is 12.8 Å². The Hall–Kier alpha value is -2.95. The number of nitrogens with zero attached hydrogens (tertiary/aromatic N) is 3. The largest absolute Gasteiger partial charge is 0.493 e. The second kappa shape index (κ2) is 8.62. The minimum atomic E-state index is -0.423. The summed E-state index contributed by atoms with van der Waals surface area (Å²) in [7, 11) is 1.54. The molecule has 1 unspecified atom stereocenters. The van der Waals surface area contributed by atoms with E-state index in [9.17, 15) is 9.59 Å². The normalized spacial score (nSPS) is 19.4.